The molecule has 1 saturated heterocycles. The summed E-state index contributed by atoms with van der Waals surface area (Å²) in [6.07, 6.45) is 7.13. The summed E-state index contributed by atoms with van der Waals surface area (Å²) in [5.74, 6) is 0.302. The van der Waals surface area contributed by atoms with E-state index < -0.39 is 42.3 Å². The molecule has 0 aromatic rings. The van der Waals surface area contributed by atoms with Crippen molar-refractivity contribution in [1.29, 1.82) is 0 Å². The first-order valence-electron chi connectivity index (χ1n) is 15.4. The summed E-state index contributed by atoms with van der Waals surface area (Å²) in [7, 11) is 1.49. The fourth-order valence-electron chi connectivity index (χ4n) is 9.77. The van der Waals surface area contributed by atoms with Crippen LogP contribution in [-0.2, 0) is 33.3 Å². The molecular formula is C32H46O9. The Morgan fingerprint density at radius 1 is 1.10 bits per heavy atom. The molecule has 3 saturated carbocycles. The second-order valence-electron chi connectivity index (χ2n) is 13.9. The van der Waals surface area contributed by atoms with Gasteiger partial charge in [-0.15, -0.1) is 0 Å². The highest BCUT2D eigenvalue weighted by Crippen LogP contribution is 2.68. The normalized spacial score (nSPS) is 49.2. The number of carbonyl (C=O) groups excluding carboxylic acids is 2. The van der Waals surface area contributed by atoms with Crippen molar-refractivity contribution >= 4 is 11.9 Å². The first-order valence-corrected chi connectivity index (χ1v) is 15.4. The number of methoxy groups -OCH3 is 1. The molecule has 0 unspecified atom stereocenters. The molecule has 0 aromatic heterocycles. The summed E-state index contributed by atoms with van der Waals surface area (Å²) in [5.41, 5.74) is 0.936. The van der Waals surface area contributed by atoms with E-state index in [2.05, 4.69) is 19.9 Å². The third-order valence-electron chi connectivity index (χ3n) is 12.0. The van der Waals surface area contributed by atoms with Crippen LogP contribution in [0.1, 0.15) is 79.1 Å². The first-order chi connectivity index (χ1) is 19.4. The van der Waals surface area contributed by atoms with Gasteiger partial charge in [0, 0.05) is 31.1 Å². The zero-order valence-corrected chi connectivity index (χ0v) is 25.0. The lowest BCUT2D eigenvalue weighted by atomic mass is 9.43. The van der Waals surface area contributed by atoms with Gasteiger partial charge in [0.05, 0.1) is 17.8 Å². The molecule has 2 heterocycles. The summed E-state index contributed by atoms with van der Waals surface area (Å²) >= 11 is 0. The Morgan fingerprint density at radius 3 is 2.56 bits per heavy atom. The summed E-state index contributed by atoms with van der Waals surface area (Å²) in [4.78, 5) is 23.7. The Balaban J connectivity index is 1.16. The standard InChI is InChI=1S/C32H46O9/c1-17-26(35)27(37-5)28(40-18(2)33)29(39-17)41-21-8-11-30(3)20(15-21)6-7-24-23(30)9-12-31(4)22(10-13-32(24,31)36)19-14-25(34)38-16-19/h10,14,17,20-21,23-24,26-29,35-36H,6-9,11-13,15-16H2,1-5H3/t17-,20-,21+,23+,24-,26+,27+,28-,29+,30+,31-,32+/m1/s1. The molecule has 0 amide bonds. The summed E-state index contributed by atoms with van der Waals surface area (Å²) in [5, 5.41) is 23.0. The minimum atomic E-state index is -0.930. The van der Waals surface area contributed by atoms with Crippen molar-refractivity contribution in [1.82, 2.24) is 0 Å². The number of hydrogen-bond donors (Lipinski definition) is 2. The summed E-state index contributed by atoms with van der Waals surface area (Å²) in [6, 6.07) is 0. The molecule has 0 bridgehead atoms. The number of rotatable bonds is 5. The highest BCUT2D eigenvalue weighted by molar-refractivity contribution is 5.86. The van der Waals surface area contributed by atoms with Crippen LogP contribution >= 0.6 is 0 Å². The number of fused-ring (bicyclic) bond motifs is 5. The van der Waals surface area contributed by atoms with E-state index in [1.165, 1.54) is 14.0 Å². The maximum Gasteiger partial charge on any atom is 0.331 e. The number of carbonyl (C=O) groups is 2. The van der Waals surface area contributed by atoms with Gasteiger partial charge in [-0.3, -0.25) is 4.79 Å². The largest absolute Gasteiger partial charge is 0.458 e. The maximum atomic E-state index is 12.4. The molecule has 6 aliphatic rings. The zero-order chi connectivity index (χ0) is 29.3. The fraction of sp³-hybridized carbons (Fsp3) is 0.812. The molecule has 2 aliphatic heterocycles. The van der Waals surface area contributed by atoms with Gasteiger partial charge in [0.2, 0.25) is 0 Å². The van der Waals surface area contributed by atoms with E-state index in [1.807, 2.05) is 0 Å². The average molecular weight is 575 g/mol. The van der Waals surface area contributed by atoms with Crippen LogP contribution in [-0.4, -0.2) is 78.3 Å². The molecule has 6 rings (SSSR count). The van der Waals surface area contributed by atoms with Gasteiger partial charge in [-0.2, -0.15) is 0 Å². The summed E-state index contributed by atoms with van der Waals surface area (Å²) in [6.45, 7) is 8.03. The van der Waals surface area contributed by atoms with Crippen LogP contribution in [0.2, 0.25) is 0 Å². The van der Waals surface area contributed by atoms with E-state index in [9.17, 15) is 19.8 Å². The van der Waals surface area contributed by atoms with Gasteiger partial charge in [0.1, 0.15) is 18.8 Å². The quantitative estimate of drug-likeness (QED) is 0.375. The monoisotopic (exact) mass is 574 g/mol. The van der Waals surface area contributed by atoms with Crippen molar-refractivity contribution in [3.8, 4) is 0 Å². The van der Waals surface area contributed by atoms with Crippen molar-refractivity contribution < 1.29 is 43.5 Å². The highest BCUT2D eigenvalue weighted by atomic mass is 16.7. The van der Waals surface area contributed by atoms with Gasteiger partial charge in [-0.05, 0) is 87.0 Å². The second-order valence-corrected chi connectivity index (χ2v) is 13.9. The molecule has 0 spiro atoms. The Labute approximate surface area is 242 Å². The third kappa shape index (κ3) is 4.53. The van der Waals surface area contributed by atoms with E-state index in [0.29, 0.717) is 24.9 Å². The predicted octanol–water partition coefficient (Wildman–Crippen LogP) is 3.60. The van der Waals surface area contributed by atoms with Crippen molar-refractivity contribution in [2.45, 2.75) is 121 Å². The molecule has 228 valence electrons. The molecule has 9 nitrogen and oxygen atoms in total. The Morgan fingerprint density at radius 2 is 1.88 bits per heavy atom. The molecule has 12 atom stereocenters. The molecule has 0 aromatic carbocycles. The molecule has 4 aliphatic carbocycles. The van der Waals surface area contributed by atoms with Crippen LogP contribution in [0.4, 0.5) is 0 Å². The molecule has 4 fully saturated rings. The Kier molecular flexibility index (Phi) is 7.46. The van der Waals surface area contributed by atoms with E-state index in [-0.39, 0.29) is 28.8 Å². The second kappa shape index (κ2) is 10.4. The molecular weight excluding hydrogens is 528 g/mol. The lowest BCUT2D eigenvalue weighted by molar-refractivity contribution is -0.315. The number of ether oxygens (including phenoxy) is 5. The Bertz CT molecular complexity index is 1130. The Hall–Kier alpha value is -1.78. The van der Waals surface area contributed by atoms with Crippen molar-refractivity contribution in [2.75, 3.05) is 13.7 Å². The average Bonchev–Trinajstić information content (AvgIpc) is 3.46. The van der Waals surface area contributed by atoms with Crippen LogP contribution in [0.3, 0.4) is 0 Å². The molecule has 0 radical (unpaired) electrons. The van der Waals surface area contributed by atoms with Gasteiger partial charge < -0.3 is 33.9 Å². The van der Waals surface area contributed by atoms with Crippen molar-refractivity contribution in [3.63, 3.8) is 0 Å². The first kappa shape index (κ1) is 29.3. The van der Waals surface area contributed by atoms with E-state index in [4.69, 9.17) is 23.7 Å². The SMILES string of the molecule is CO[C@H]1[C@@H](O)[C@@H](C)O[C@@H](O[C@H]2CC[C@@]3(C)[C@H](CC[C@@H]4[C@@H]3CC[C@]3(C)C(C5=CC(=O)OC5)=CC[C@]43O)C2)[C@@H]1OC(C)=O. The zero-order valence-electron chi connectivity index (χ0n) is 25.0. The van der Waals surface area contributed by atoms with Crippen LogP contribution in [0.15, 0.2) is 23.3 Å². The minimum Gasteiger partial charge on any atom is -0.458 e. The van der Waals surface area contributed by atoms with Gasteiger partial charge >= 0.3 is 11.9 Å². The van der Waals surface area contributed by atoms with Crippen molar-refractivity contribution in [3.05, 3.63) is 23.3 Å². The number of esters is 2. The van der Waals surface area contributed by atoms with Crippen LogP contribution in [0.5, 0.6) is 0 Å². The van der Waals surface area contributed by atoms with Crippen LogP contribution < -0.4 is 0 Å². The van der Waals surface area contributed by atoms with Crippen LogP contribution in [0, 0.1) is 28.6 Å². The molecule has 41 heavy (non-hydrogen) atoms. The minimum absolute atomic E-state index is 0.0591. The van der Waals surface area contributed by atoms with Gasteiger partial charge in [-0.25, -0.2) is 4.79 Å². The fourth-order valence-corrected chi connectivity index (χ4v) is 9.77. The number of aliphatic hydroxyl groups is 2. The van der Waals surface area contributed by atoms with Gasteiger partial charge in [-0.1, -0.05) is 19.9 Å². The predicted molar refractivity (Wildman–Crippen MR) is 147 cm³/mol. The number of hydrogen-bond acceptors (Lipinski definition) is 9. The topological polar surface area (TPSA) is 121 Å². The van der Waals surface area contributed by atoms with E-state index in [1.54, 1.807) is 13.0 Å². The van der Waals surface area contributed by atoms with E-state index in [0.717, 1.165) is 56.1 Å². The lowest BCUT2D eigenvalue weighted by Gasteiger charge is -2.63. The van der Waals surface area contributed by atoms with Gasteiger partial charge in [0.15, 0.2) is 12.4 Å². The number of aliphatic hydroxyl groups excluding tert-OH is 1. The van der Waals surface area contributed by atoms with Crippen LogP contribution in [0.25, 0.3) is 0 Å². The number of cyclic esters (lactones) is 1. The van der Waals surface area contributed by atoms with Gasteiger partial charge in [0.25, 0.3) is 0 Å². The highest BCUT2D eigenvalue weighted by Gasteiger charge is 2.66. The third-order valence-corrected chi connectivity index (χ3v) is 12.0. The summed E-state index contributed by atoms with van der Waals surface area (Å²) < 4.78 is 28.8. The van der Waals surface area contributed by atoms with Crippen molar-refractivity contribution in [2.24, 2.45) is 28.6 Å². The van der Waals surface area contributed by atoms with E-state index >= 15 is 0 Å². The lowest BCUT2D eigenvalue weighted by Crippen LogP contribution is -2.62. The smallest absolute Gasteiger partial charge is 0.331 e. The molecule has 2 N–H and O–H groups in total. The molecule has 9 heteroatoms. The maximum absolute atomic E-state index is 12.4.